The lowest BCUT2D eigenvalue weighted by Gasteiger charge is -2.17. The summed E-state index contributed by atoms with van der Waals surface area (Å²) in [7, 11) is 0. The molecule has 2 nitrogen and oxygen atoms in total. The first-order chi connectivity index (χ1) is 7.71. The van der Waals surface area contributed by atoms with Crippen molar-refractivity contribution in [3.8, 4) is 5.75 Å². The standard InChI is InChI=1S/C14H19FO2/c1-9(2)11-7-6-10(3)8-12(11)17-13(16)14(4,5)15/h6-9H,1-5H3. The quantitative estimate of drug-likeness (QED) is 0.592. The molecule has 0 aliphatic heterocycles. The average Bonchev–Trinajstić information content (AvgIpc) is 2.15. The van der Waals surface area contributed by atoms with Gasteiger partial charge in [-0.1, -0.05) is 26.0 Å². The summed E-state index contributed by atoms with van der Waals surface area (Å²) in [6.45, 7) is 8.30. The van der Waals surface area contributed by atoms with Crippen LogP contribution in [0.3, 0.4) is 0 Å². The Kier molecular flexibility index (Phi) is 3.91. The van der Waals surface area contributed by atoms with Crippen molar-refractivity contribution in [2.24, 2.45) is 0 Å². The van der Waals surface area contributed by atoms with E-state index in [1.165, 1.54) is 13.8 Å². The van der Waals surface area contributed by atoms with Gasteiger partial charge in [0.2, 0.25) is 5.67 Å². The third kappa shape index (κ3) is 3.55. The molecule has 0 aliphatic rings. The van der Waals surface area contributed by atoms with Crippen molar-refractivity contribution in [1.82, 2.24) is 0 Å². The molecule has 0 saturated heterocycles. The second-order valence-electron chi connectivity index (χ2n) is 5.06. The smallest absolute Gasteiger partial charge is 0.348 e. The van der Waals surface area contributed by atoms with E-state index in [0.717, 1.165) is 11.1 Å². The van der Waals surface area contributed by atoms with E-state index in [9.17, 15) is 9.18 Å². The van der Waals surface area contributed by atoms with Crippen LogP contribution < -0.4 is 4.74 Å². The minimum Gasteiger partial charge on any atom is -0.424 e. The van der Waals surface area contributed by atoms with Crippen molar-refractivity contribution in [3.05, 3.63) is 29.3 Å². The lowest BCUT2D eigenvalue weighted by molar-refractivity contribution is -0.145. The second-order valence-corrected chi connectivity index (χ2v) is 5.06. The Balaban J connectivity index is 3.05. The number of esters is 1. The zero-order valence-corrected chi connectivity index (χ0v) is 11.0. The van der Waals surface area contributed by atoms with E-state index in [-0.39, 0.29) is 5.92 Å². The maximum atomic E-state index is 13.4. The SMILES string of the molecule is Cc1ccc(C(C)C)c(OC(=O)C(C)(C)F)c1. The summed E-state index contributed by atoms with van der Waals surface area (Å²) >= 11 is 0. The van der Waals surface area contributed by atoms with Crippen LogP contribution in [0.25, 0.3) is 0 Å². The molecule has 0 N–H and O–H groups in total. The van der Waals surface area contributed by atoms with E-state index in [0.29, 0.717) is 5.75 Å². The maximum Gasteiger partial charge on any atom is 0.348 e. The molecular formula is C14H19FO2. The number of rotatable bonds is 3. The molecule has 1 aromatic rings. The van der Waals surface area contributed by atoms with Gasteiger partial charge in [-0.05, 0) is 43.9 Å². The molecule has 0 unspecified atom stereocenters. The van der Waals surface area contributed by atoms with Gasteiger partial charge in [-0.15, -0.1) is 0 Å². The van der Waals surface area contributed by atoms with Gasteiger partial charge >= 0.3 is 5.97 Å². The van der Waals surface area contributed by atoms with Gasteiger partial charge in [0, 0.05) is 0 Å². The van der Waals surface area contributed by atoms with Crippen LogP contribution in [0.4, 0.5) is 4.39 Å². The van der Waals surface area contributed by atoms with Gasteiger partial charge < -0.3 is 4.74 Å². The molecule has 0 aliphatic carbocycles. The molecule has 0 radical (unpaired) electrons. The van der Waals surface area contributed by atoms with E-state index in [4.69, 9.17) is 4.74 Å². The monoisotopic (exact) mass is 238 g/mol. The molecule has 0 heterocycles. The Morgan fingerprint density at radius 1 is 1.35 bits per heavy atom. The molecule has 0 bridgehead atoms. The van der Waals surface area contributed by atoms with Crippen molar-refractivity contribution in [1.29, 1.82) is 0 Å². The first-order valence-corrected chi connectivity index (χ1v) is 5.73. The molecule has 1 aromatic carbocycles. The Bertz CT molecular complexity index is 417. The molecule has 0 saturated carbocycles. The third-order valence-corrected chi connectivity index (χ3v) is 2.48. The molecule has 0 fully saturated rings. The first-order valence-electron chi connectivity index (χ1n) is 5.73. The number of ether oxygens (including phenoxy) is 1. The molecule has 3 heteroatoms. The molecule has 0 spiro atoms. The number of hydrogen-bond donors (Lipinski definition) is 0. The summed E-state index contributed by atoms with van der Waals surface area (Å²) < 4.78 is 18.6. The second kappa shape index (κ2) is 4.86. The minimum atomic E-state index is -1.97. The van der Waals surface area contributed by atoms with E-state index in [1.54, 1.807) is 6.07 Å². The summed E-state index contributed by atoms with van der Waals surface area (Å²) in [5.41, 5.74) is -0.0834. The molecule has 1 rings (SSSR count). The van der Waals surface area contributed by atoms with Crippen LogP contribution in [0, 0.1) is 6.92 Å². The molecule has 0 aromatic heterocycles. The van der Waals surface area contributed by atoms with Crippen LogP contribution in [0.1, 0.15) is 44.7 Å². The fraction of sp³-hybridized carbons (Fsp3) is 0.500. The van der Waals surface area contributed by atoms with Crippen LogP contribution in [0.5, 0.6) is 5.75 Å². The highest BCUT2D eigenvalue weighted by atomic mass is 19.1. The van der Waals surface area contributed by atoms with Gasteiger partial charge in [0.1, 0.15) is 5.75 Å². The molecule has 0 atom stereocenters. The summed E-state index contributed by atoms with van der Waals surface area (Å²) in [4.78, 5) is 11.5. The van der Waals surface area contributed by atoms with Gasteiger partial charge in [-0.2, -0.15) is 0 Å². The van der Waals surface area contributed by atoms with Crippen molar-refractivity contribution >= 4 is 5.97 Å². The first kappa shape index (κ1) is 13.7. The highest BCUT2D eigenvalue weighted by molar-refractivity contribution is 5.81. The summed E-state index contributed by atoms with van der Waals surface area (Å²) in [5, 5.41) is 0. The topological polar surface area (TPSA) is 26.3 Å². The maximum absolute atomic E-state index is 13.4. The van der Waals surface area contributed by atoms with Crippen LogP contribution >= 0.6 is 0 Å². The van der Waals surface area contributed by atoms with Gasteiger partial charge in [-0.25, -0.2) is 9.18 Å². The molecule has 17 heavy (non-hydrogen) atoms. The fourth-order valence-corrected chi connectivity index (χ4v) is 1.43. The van der Waals surface area contributed by atoms with Crippen molar-refractivity contribution in [2.75, 3.05) is 0 Å². The number of carbonyl (C=O) groups is 1. The van der Waals surface area contributed by atoms with Crippen molar-refractivity contribution < 1.29 is 13.9 Å². The van der Waals surface area contributed by atoms with Crippen LogP contribution in [0.2, 0.25) is 0 Å². The Morgan fingerprint density at radius 2 is 1.94 bits per heavy atom. The van der Waals surface area contributed by atoms with Gasteiger partial charge in [0.25, 0.3) is 0 Å². The number of hydrogen-bond acceptors (Lipinski definition) is 2. The summed E-state index contributed by atoms with van der Waals surface area (Å²) in [6, 6.07) is 5.63. The largest absolute Gasteiger partial charge is 0.424 e. The molecule has 94 valence electrons. The number of halogens is 1. The average molecular weight is 238 g/mol. The van der Waals surface area contributed by atoms with Gasteiger partial charge in [-0.3, -0.25) is 0 Å². The predicted molar refractivity (Wildman–Crippen MR) is 66.1 cm³/mol. The highest BCUT2D eigenvalue weighted by Crippen LogP contribution is 2.28. The van der Waals surface area contributed by atoms with E-state index >= 15 is 0 Å². The van der Waals surface area contributed by atoms with E-state index < -0.39 is 11.6 Å². The van der Waals surface area contributed by atoms with Crippen LogP contribution in [0.15, 0.2) is 18.2 Å². The summed E-state index contributed by atoms with van der Waals surface area (Å²) in [6.07, 6.45) is 0. The zero-order valence-electron chi connectivity index (χ0n) is 11.0. The van der Waals surface area contributed by atoms with E-state index in [1.807, 2.05) is 32.9 Å². The number of carbonyl (C=O) groups excluding carboxylic acids is 1. The zero-order chi connectivity index (χ0) is 13.2. The van der Waals surface area contributed by atoms with Crippen molar-refractivity contribution in [2.45, 2.75) is 46.2 Å². The Hall–Kier alpha value is -1.38. The minimum absolute atomic E-state index is 0.223. The molecular weight excluding hydrogens is 219 g/mol. The third-order valence-electron chi connectivity index (χ3n) is 2.48. The Labute approximate surface area is 102 Å². The number of alkyl halides is 1. The number of benzene rings is 1. The van der Waals surface area contributed by atoms with Crippen molar-refractivity contribution in [3.63, 3.8) is 0 Å². The normalized spacial score (nSPS) is 11.7. The van der Waals surface area contributed by atoms with Crippen LogP contribution in [-0.2, 0) is 4.79 Å². The predicted octanol–water partition coefficient (Wildman–Crippen LogP) is 3.77. The lowest BCUT2D eigenvalue weighted by Crippen LogP contribution is -2.31. The summed E-state index contributed by atoms with van der Waals surface area (Å²) in [5.74, 6) is -0.179. The van der Waals surface area contributed by atoms with Gasteiger partial charge in [0.05, 0.1) is 0 Å². The lowest BCUT2D eigenvalue weighted by atomic mass is 10.0. The Morgan fingerprint density at radius 3 is 2.41 bits per heavy atom. The van der Waals surface area contributed by atoms with E-state index in [2.05, 4.69) is 0 Å². The highest BCUT2D eigenvalue weighted by Gasteiger charge is 2.29. The molecule has 0 amide bonds. The van der Waals surface area contributed by atoms with Crippen LogP contribution in [-0.4, -0.2) is 11.6 Å². The fourth-order valence-electron chi connectivity index (χ4n) is 1.43. The van der Waals surface area contributed by atoms with Gasteiger partial charge in [0.15, 0.2) is 0 Å². The number of aryl methyl sites for hydroxylation is 1.